The van der Waals surface area contributed by atoms with Crippen molar-refractivity contribution in [3.8, 4) is 0 Å². The molecule has 6 nitrogen and oxygen atoms in total. The van der Waals surface area contributed by atoms with E-state index in [2.05, 4.69) is 15.0 Å². The number of hydrogen-bond donors (Lipinski definition) is 0. The molecule has 0 spiro atoms. The van der Waals surface area contributed by atoms with Crippen LogP contribution in [0.25, 0.3) is 11.2 Å². The largest absolute Gasteiger partial charge is 0.352 e. The second kappa shape index (κ2) is 5.42. The van der Waals surface area contributed by atoms with Gasteiger partial charge in [0.1, 0.15) is 18.1 Å². The van der Waals surface area contributed by atoms with Crippen LogP contribution < -0.4 is 0 Å². The van der Waals surface area contributed by atoms with E-state index in [4.69, 9.17) is 16.3 Å². The van der Waals surface area contributed by atoms with Gasteiger partial charge in [-0.25, -0.2) is 15.0 Å². The normalized spacial score (nSPS) is 21.5. The predicted octanol–water partition coefficient (Wildman–Crippen LogP) is 2.32. The third-order valence-corrected chi connectivity index (χ3v) is 5.32. The average Bonchev–Trinajstić information content (AvgIpc) is 2.89. The molecule has 0 saturated carbocycles. The molecule has 0 bridgehead atoms. The van der Waals surface area contributed by atoms with Crippen molar-refractivity contribution in [2.75, 3.05) is 5.75 Å². The lowest BCUT2D eigenvalue weighted by Gasteiger charge is -2.16. The van der Waals surface area contributed by atoms with Gasteiger partial charge < -0.3 is 4.74 Å². The highest BCUT2D eigenvalue weighted by Crippen LogP contribution is 2.28. The van der Waals surface area contributed by atoms with E-state index in [0.717, 1.165) is 10.5 Å². The predicted molar refractivity (Wildman–Crippen MR) is 81.9 cm³/mol. The van der Waals surface area contributed by atoms with E-state index >= 15 is 0 Å². The molecule has 4 rings (SSSR count). The Balaban J connectivity index is 1.75. The Hall–Kier alpha value is -1.83. The molecule has 1 aromatic carbocycles. The van der Waals surface area contributed by atoms with E-state index in [1.54, 1.807) is 10.9 Å². The molecular formula is C14H11ClN4O2S. The molecule has 0 fully saturated rings. The van der Waals surface area contributed by atoms with E-state index < -0.39 is 17.0 Å². The van der Waals surface area contributed by atoms with Gasteiger partial charge >= 0.3 is 0 Å². The van der Waals surface area contributed by atoms with Crippen LogP contribution in [0.2, 0.25) is 5.15 Å². The summed E-state index contributed by atoms with van der Waals surface area (Å²) in [6.07, 6.45) is 2.57. The van der Waals surface area contributed by atoms with E-state index in [1.165, 1.54) is 6.33 Å². The lowest BCUT2D eigenvalue weighted by atomic mass is 10.2. The SMILES string of the molecule is O=S1CC(n2cnc3c(Cl)ncnc32)OCc2ccccc21. The smallest absolute Gasteiger partial charge is 0.166 e. The highest BCUT2D eigenvalue weighted by Gasteiger charge is 2.25. The number of fused-ring (bicyclic) bond motifs is 2. The lowest BCUT2D eigenvalue weighted by molar-refractivity contribution is 0.0104. The molecule has 3 aromatic rings. The Morgan fingerprint density at radius 3 is 3.05 bits per heavy atom. The Labute approximate surface area is 133 Å². The Morgan fingerprint density at radius 2 is 2.14 bits per heavy atom. The first-order chi connectivity index (χ1) is 10.7. The highest BCUT2D eigenvalue weighted by molar-refractivity contribution is 7.85. The van der Waals surface area contributed by atoms with Gasteiger partial charge in [0.15, 0.2) is 10.8 Å². The maximum Gasteiger partial charge on any atom is 0.166 e. The average molecular weight is 335 g/mol. The van der Waals surface area contributed by atoms with Gasteiger partial charge in [-0.1, -0.05) is 29.8 Å². The quantitative estimate of drug-likeness (QED) is 0.639. The number of aromatic nitrogens is 4. The first-order valence-corrected chi connectivity index (χ1v) is 8.34. The molecule has 1 aliphatic heterocycles. The number of nitrogens with zero attached hydrogens (tertiary/aromatic N) is 4. The topological polar surface area (TPSA) is 69.9 Å². The van der Waals surface area contributed by atoms with Crippen LogP contribution in [-0.4, -0.2) is 29.5 Å². The molecule has 0 radical (unpaired) electrons. The summed E-state index contributed by atoms with van der Waals surface area (Å²) >= 11 is 6.02. The number of rotatable bonds is 1. The Morgan fingerprint density at radius 1 is 1.27 bits per heavy atom. The summed E-state index contributed by atoms with van der Waals surface area (Å²) in [4.78, 5) is 13.2. The highest BCUT2D eigenvalue weighted by atomic mass is 35.5. The molecule has 3 heterocycles. The molecule has 0 saturated heterocycles. The first kappa shape index (κ1) is 13.8. The van der Waals surface area contributed by atoms with Crippen molar-refractivity contribution in [3.63, 3.8) is 0 Å². The fraction of sp³-hybridized carbons (Fsp3) is 0.214. The van der Waals surface area contributed by atoms with Gasteiger partial charge in [0.25, 0.3) is 0 Å². The monoisotopic (exact) mass is 334 g/mol. The van der Waals surface area contributed by atoms with Crippen LogP contribution in [0.4, 0.5) is 0 Å². The zero-order chi connectivity index (χ0) is 15.1. The summed E-state index contributed by atoms with van der Waals surface area (Å²) in [6, 6.07) is 7.61. The van der Waals surface area contributed by atoms with Crippen LogP contribution in [0.15, 0.2) is 41.8 Å². The lowest BCUT2D eigenvalue weighted by Crippen LogP contribution is -2.17. The second-order valence-corrected chi connectivity index (χ2v) is 6.70. The van der Waals surface area contributed by atoms with Crippen molar-refractivity contribution >= 4 is 33.6 Å². The summed E-state index contributed by atoms with van der Waals surface area (Å²) in [5.41, 5.74) is 2.04. The summed E-state index contributed by atoms with van der Waals surface area (Å²) < 4.78 is 20.2. The molecule has 22 heavy (non-hydrogen) atoms. The van der Waals surface area contributed by atoms with E-state index in [0.29, 0.717) is 28.7 Å². The fourth-order valence-electron chi connectivity index (χ4n) is 2.49. The standard InChI is InChI=1S/C14H11ClN4O2S/c15-13-12-14(17-7-16-13)19(8-18-12)11-6-22(20)10-4-2-1-3-9(10)5-21-11/h1-4,7-8,11H,5-6H2. The molecule has 2 atom stereocenters. The Kier molecular flexibility index (Phi) is 3.40. The fourth-order valence-corrected chi connectivity index (χ4v) is 4.02. The van der Waals surface area contributed by atoms with Crippen LogP contribution in [0.1, 0.15) is 11.8 Å². The van der Waals surface area contributed by atoms with E-state index in [9.17, 15) is 4.21 Å². The van der Waals surface area contributed by atoms with Crippen molar-refractivity contribution < 1.29 is 8.95 Å². The number of ether oxygens (including phenoxy) is 1. The van der Waals surface area contributed by atoms with Crippen molar-refractivity contribution in [1.29, 1.82) is 0 Å². The minimum atomic E-state index is -1.15. The number of imidazole rings is 1. The van der Waals surface area contributed by atoms with Gasteiger partial charge in [-0.3, -0.25) is 8.78 Å². The minimum absolute atomic E-state index is 0.293. The summed E-state index contributed by atoms with van der Waals surface area (Å²) in [5.74, 6) is 0.337. The van der Waals surface area contributed by atoms with Gasteiger partial charge in [-0.2, -0.15) is 0 Å². The van der Waals surface area contributed by atoms with Gasteiger partial charge in [0.2, 0.25) is 0 Å². The molecule has 0 amide bonds. The maximum absolute atomic E-state index is 12.6. The van der Waals surface area contributed by atoms with Crippen LogP contribution in [0, 0.1) is 0 Å². The van der Waals surface area contributed by atoms with Crippen molar-refractivity contribution in [2.45, 2.75) is 17.7 Å². The number of halogens is 1. The number of benzene rings is 1. The molecule has 0 aliphatic carbocycles. The third-order valence-electron chi connectivity index (χ3n) is 3.57. The number of hydrogen-bond acceptors (Lipinski definition) is 5. The summed E-state index contributed by atoms with van der Waals surface area (Å²) in [6.45, 7) is 0.394. The minimum Gasteiger partial charge on any atom is -0.352 e. The van der Waals surface area contributed by atoms with Crippen LogP contribution in [0.3, 0.4) is 0 Å². The molecule has 8 heteroatoms. The summed E-state index contributed by atoms with van der Waals surface area (Å²) in [5, 5.41) is 0.293. The van der Waals surface area contributed by atoms with Crippen molar-refractivity contribution in [2.24, 2.45) is 0 Å². The van der Waals surface area contributed by atoms with Crippen molar-refractivity contribution in [3.05, 3.63) is 47.6 Å². The van der Waals surface area contributed by atoms with Crippen LogP contribution in [0.5, 0.6) is 0 Å². The molecule has 1 aliphatic rings. The molecular weight excluding hydrogens is 324 g/mol. The Bertz CT molecular complexity index is 882. The third kappa shape index (κ3) is 2.22. The zero-order valence-corrected chi connectivity index (χ0v) is 12.9. The molecule has 112 valence electrons. The molecule has 2 unspecified atom stereocenters. The van der Waals surface area contributed by atoms with Crippen LogP contribution in [-0.2, 0) is 22.1 Å². The molecule has 2 aromatic heterocycles. The van der Waals surface area contributed by atoms with E-state index in [1.807, 2.05) is 24.3 Å². The zero-order valence-electron chi connectivity index (χ0n) is 11.3. The van der Waals surface area contributed by atoms with Gasteiger partial charge in [0.05, 0.1) is 29.5 Å². The second-order valence-electron chi connectivity index (χ2n) is 4.87. The first-order valence-electron chi connectivity index (χ1n) is 6.65. The van der Waals surface area contributed by atoms with Crippen molar-refractivity contribution in [1.82, 2.24) is 19.5 Å². The summed E-state index contributed by atoms with van der Waals surface area (Å²) in [7, 11) is -1.15. The van der Waals surface area contributed by atoms with E-state index in [-0.39, 0.29) is 0 Å². The van der Waals surface area contributed by atoms with Crippen LogP contribution >= 0.6 is 11.6 Å². The maximum atomic E-state index is 12.6. The van der Waals surface area contributed by atoms with Gasteiger partial charge in [0, 0.05) is 4.90 Å². The van der Waals surface area contributed by atoms with Gasteiger partial charge in [-0.05, 0) is 11.6 Å². The van der Waals surface area contributed by atoms with Gasteiger partial charge in [-0.15, -0.1) is 0 Å². The molecule has 0 N–H and O–H groups in total.